The predicted molar refractivity (Wildman–Crippen MR) is 68.3 cm³/mol. The monoisotopic (exact) mass is 232 g/mol. The van der Waals surface area contributed by atoms with E-state index >= 15 is 0 Å². The zero-order chi connectivity index (χ0) is 12.3. The first-order chi connectivity index (χ1) is 8.22. The van der Waals surface area contributed by atoms with Crippen LogP contribution >= 0.6 is 0 Å². The van der Waals surface area contributed by atoms with Crippen LogP contribution in [0.2, 0.25) is 0 Å². The van der Waals surface area contributed by atoms with Crippen molar-refractivity contribution in [2.75, 3.05) is 0 Å². The molecule has 17 heavy (non-hydrogen) atoms. The second-order valence-electron chi connectivity index (χ2n) is 4.82. The Morgan fingerprint density at radius 2 is 2.06 bits per heavy atom. The molecular formula is C15H20O2. The van der Waals surface area contributed by atoms with E-state index in [1.54, 1.807) is 6.92 Å². The van der Waals surface area contributed by atoms with Crippen molar-refractivity contribution in [2.45, 2.75) is 51.9 Å². The smallest absolute Gasteiger partial charge is 0.137 e. The van der Waals surface area contributed by atoms with Crippen molar-refractivity contribution < 1.29 is 9.21 Å². The number of allylic oxidation sites excluding steroid dienone is 1. The molecule has 0 amide bonds. The van der Waals surface area contributed by atoms with Crippen molar-refractivity contribution in [3.8, 4) is 0 Å². The van der Waals surface area contributed by atoms with Gasteiger partial charge < -0.3 is 4.42 Å². The number of Topliss-reactive ketones (excluding diaryl/α,β-unsaturated/α-hetero) is 1. The molecule has 2 rings (SSSR count). The molecular weight excluding hydrogens is 212 g/mol. The van der Waals surface area contributed by atoms with Gasteiger partial charge in [-0.25, -0.2) is 0 Å². The van der Waals surface area contributed by atoms with Crippen molar-refractivity contribution in [2.24, 2.45) is 0 Å². The molecule has 0 aromatic carbocycles. The molecule has 0 spiro atoms. The van der Waals surface area contributed by atoms with Crippen LogP contribution in [0, 0.1) is 0 Å². The topological polar surface area (TPSA) is 30.2 Å². The van der Waals surface area contributed by atoms with Crippen LogP contribution in [-0.4, -0.2) is 5.78 Å². The fourth-order valence-electron chi connectivity index (χ4n) is 2.61. The molecule has 1 heterocycles. The highest BCUT2D eigenvalue weighted by Gasteiger charge is 2.24. The van der Waals surface area contributed by atoms with Crippen LogP contribution in [0.15, 0.2) is 17.1 Å². The normalized spacial score (nSPS) is 13.7. The van der Waals surface area contributed by atoms with Crippen molar-refractivity contribution in [3.63, 3.8) is 0 Å². The molecule has 0 bridgehead atoms. The highest BCUT2D eigenvalue weighted by molar-refractivity contribution is 5.78. The molecule has 0 saturated carbocycles. The van der Waals surface area contributed by atoms with Crippen LogP contribution in [-0.2, 0) is 30.5 Å². The number of fused-ring (bicyclic) bond motifs is 1. The molecule has 0 fully saturated rings. The first kappa shape index (κ1) is 12.2. The Balaban J connectivity index is 2.16. The van der Waals surface area contributed by atoms with Gasteiger partial charge in [-0.3, -0.25) is 4.79 Å². The Kier molecular flexibility index (Phi) is 3.82. The van der Waals surface area contributed by atoms with Gasteiger partial charge in [0, 0.05) is 6.42 Å². The molecule has 1 aromatic heterocycles. The fraction of sp³-hybridized carbons (Fsp3) is 0.533. The Labute approximate surface area is 103 Å². The quantitative estimate of drug-likeness (QED) is 0.556. The van der Waals surface area contributed by atoms with Crippen LogP contribution in [0.4, 0.5) is 0 Å². The number of carbonyl (C=O) groups is 1. The average Bonchev–Trinajstić information content (AvgIpc) is 2.83. The van der Waals surface area contributed by atoms with Gasteiger partial charge in [0.2, 0.25) is 0 Å². The maximum absolute atomic E-state index is 11.2. The Hall–Kier alpha value is -1.31. The van der Waals surface area contributed by atoms with Crippen LogP contribution < -0.4 is 0 Å². The van der Waals surface area contributed by atoms with Crippen LogP contribution in [0.3, 0.4) is 0 Å². The summed E-state index contributed by atoms with van der Waals surface area (Å²) in [5.41, 5.74) is 2.72. The van der Waals surface area contributed by atoms with Gasteiger partial charge in [-0.05, 0) is 50.2 Å². The minimum atomic E-state index is 0.186. The maximum Gasteiger partial charge on any atom is 0.137 e. The lowest BCUT2D eigenvalue weighted by Gasteiger charge is -1.98. The first-order valence-electron chi connectivity index (χ1n) is 6.45. The number of hydrogen-bond donors (Lipinski definition) is 0. The summed E-state index contributed by atoms with van der Waals surface area (Å²) in [7, 11) is 0. The van der Waals surface area contributed by atoms with Gasteiger partial charge in [0.15, 0.2) is 0 Å². The lowest BCUT2D eigenvalue weighted by Crippen LogP contribution is -1.97. The lowest BCUT2D eigenvalue weighted by molar-refractivity contribution is -0.116. The summed E-state index contributed by atoms with van der Waals surface area (Å²) in [6.45, 7) is 5.36. The third kappa shape index (κ3) is 2.68. The molecule has 0 N–H and O–H groups in total. The van der Waals surface area contributed by atoms with E-state index in [-0.39, 0.29) is 5.78 Å². The van der Waals surface area contributed by atoms with Crippen LogP contribution in [0.1, 0.15) is 48.8 Å². The zero-order valence-corrected chi connectivity index (χ0v) is 10.6. The van der Waals surface area contributed by atoms with Crippen molar-refractivity contribution in [1.82, 2.24) is 0 Å². The summed E-state index contributed by atoms with van der Waals surface area (Å²) in [5, 5.41) is 0. The van der Waals surface area contributed by atoms with Gasteiger partial charge >= 0.3 is 0 Å². The van der Waals surface area contributed by atoms with Gasteiger partial charge in [-0.2, -0.15) is 0 Å². The second-order valence-corrected chi connectivity index (χ2v) is 4.82. The summed E-state index contributed by atoms with van der Waals surface area (Å²) in [6.07, 6.45) is 8.92. The highest BCUT2D eigenvalue weighted by Crippen LogP contribution is 2.32. The number of hydrogen-bond acceptors (Lipinski definition) is 2. The average molecular weight is 232 g/mol. The molecule has 0 saturated heterocycles. The summed E-state index contributed by atoms with van der Waals surface area (Å²) in [6, 6.07) is 0. The molecule has 1 aliphatic rings. The molecule has 1 aromatic rings. The summed E-state index contributed by atoms with van der Waals surface area (Å²) >= 11 is 0. The molecule has 0 unspecified atom stereocenters. The second kappa shape index (κ2) is 5.35. The van der Waals surface area contributed by atoms with Gasteiger partial charge in [0.1, 0.15) is 17.3 Å². The Bertz CT molecular complexity index is 426. The van der Waals surface area contributed by atoms with Gasteiger partial charge in [-0.1, -0.05) is 6.08 Å². The SMILES string of the molecule is C=CCCCc1oc(CC(C)=O)c2c1CCC2. The molecule has 92 valence electrons. The Morgan fingerprint density at radius 1 is 1.35 bits per heavy atom. The lowest BCUT2D eigenvalue weighted by atomic mass is 10.1. The number of unbranched alkanes of at least 4 members (excludes halogenated alkanes) is 1. The van der Waals surface area contributed by atoms with Crippen molar-refractivity contribution >= 4 is 5.78 Å². The van der Waals surface area contributed by atoms with E-state index in [0.717, 1.165) is 43.6 Å². The molecule has 0 atom stereocenters. The maximum atomic E-state index is 11.2. The molecule has 2 heteroatoms. The summed E-state index contributed by atoms with van der Waals surface area (Å²) in [4.78, 5) is 11.2. The highest BCUT2D eigenvalue weighted by atomic mass is 16.3. The molecule has 2 nitrogen and oxygen atoms in total. The van der Waals surface area contributed by atoms with E-state index in [1.165, 1.54) is 17.5 Å². The van der Waals surface area contributed by atoms with Crippen LogP contribution in [0.5, 0.6) is 0 Å². The largest absolute Gasteiger partial charge is 0.465 e. The van der Waals surface area contributed by atoms with Crippen molar-refractivity contribution in [1.29, 1.82) is 0 Å². The summed E-state index contributed by atoms with van der Waals surface area (Å²) < 4.78 is 5.89. The van der Waals surface area contributed by atoms with Gasteiger partial charge in [0.25, 0.3) is 0 Å². The zero-order valence-electron chi connectivity index (χ0n) is 10.6. The van der Waals surface area contributed by atoms with E-state index < -0.39 is 0 Å². The first-order valence-corrected chi connectivity index (χ1v) is 6.45. The van der Waals surface area contributed by atoms with Gasteiger partial charge in [-0.15, -0.1) is 6.58 Å². The number of rotatable bonds is 6. The predicted octanol–water partition coefficient (Wildman–Crippen LogP) is 3.41. The number of ketones is 1. The minimum Gasteiger partial charge on any atom is -0.465 e. The van der Waals surface area contributed by atoms with E-state index in [1.807, 2.05) is 6.08 Å². The standard InChI is InChI=1S/C15H20O2/c1-3-4-5-9-14-12-7-6-8-13(12)15(17-14)10-11(2)16/h3H,1,4-10H2,2H3. The van der Waals surface area contributed by atoms with Gasteiger partial charge in [0.05, 0.1) is 6.42 Å². The number of furan rings is 1. The molecule has 0 aliphatic heterocycles. The number of carbonyl (C=O) groups excluding carboxylic acids is 1. The third-order valence-corrected chi connectivity index (χ3v) is 3.36. The van der Waals surface area contributed by atoms with E-state index in [2.05, 4.69) is 6.58 Å². The van der Waals surface area contributed by atoms with Crippen molar-refractivity contribution in [3.05, 3.63) is 35.3 Å². The van der Waals surface area contributed by atoms with E-state index in [9.17, 15) is 4.79 Å². The fourth-order valence-corrected chi connectivity index (χ4v) is 2.61. The van der Waals surface area contributed by atoms with E-state index in [0.29, 0.717) is 6.42 Å². The third-order valence-electron chi connectivity index (χ3n) is 3.36. The van der Waals surface area contributed by atoms with Crippen LogP contribution in [0.25, 0.3) is 0 Å². The minimum absolute atomic E-state index is 0.186. The summed E-state index contributed by atoms with van der Waals surface area (Å²) in [5.74, 6) is 2.24. The van der Waals surface area contributed by atoms with E-state index in [4.69, 9.17) is 4.42 Å². The molecule has 0 radical (unpaired) electrons. The Morgan fingerprint density at radius 3 is 2.71 bits per heavy atom. The molecule has 1 aliphatic carbocycles. The number of aryl methyl sites for hydroxylation is 1.